The summed E-state index contributed by atoms with van der Waals surface area (Å²) in [5.41, 5.74) is 0. The van der Waals surface area contributed by atoms with Crippen molar-refractivity contribution in [3.8, 4) is 11.5 Å². The van der Waals surface area contributed by atoms with Gasteiger partial charge >= 0.3 is 5.97 Å². The molecule has 15 heavy (non-hydrogen) atoms. The molecule has 0 amide bonds. The predicted molar refractivity (Wildman–Crippen MR) is 55.8 cm³/mol. The highest BCUT2D eigenvalue weighted by molar-refractivity contribution is 6.29. The van der Waals surface area contributed by atoms with E-state index in [2.05, 4.69) is 0 Å². The number of hydrogen-bond acceptors (Lipinski definition) is 3. The van der Waals surface area contributed by atoms with E-state index in [1.807, 2.05) is 0 Å². The van der Waals surface area contributed by atoms with Crippen molar-refractivity contribution in [1.82, 2.24) is 0 Å². The quantitative estimate of drug-likeness (QED) is 0.784. The van der Waals surface area contributed by atoms with Gasteiger partial charge in [0.2, 0.25) is 0 Å². The largest absolute Gasteiger partial charge is 0.497 e. The summed E-state index contributed by atoms with van der Waals surface area (Å²) in [5, 5.41) is 7.48. The van der Waals surface area contributed by atoms with Gasteiger partial charge in [0.05, 0.1) is 7.11 Å². The Hall–Kier alpha value is -1.42. The fourth-order valence-electron chi connectivity index (χ4n) is 0.932. The number of halogens is 1. The molecule has 0 saturated carbocycles. The van der Waals surface area contributed by atoms with Crippen molar-refractivity contribution in [2.45, 2.75) is 5.38 Å². The average Bonchev–Trinajstić information content (AvgIpc) is 2.26. The van der Waals surface area contributed by atoms with E-state index in [1.54, 1.807) is 31.4 Å². The van der Waals surface area contributed by atoms with Gasteiger partial charge in [0.25, 0.3) is 0 Å². The summed E-state index contributed by atoms with van der Waals surface area (Å²) in [6.45, 7) is -0.0793. The maximum Gasteiger partial charge on any atom is 0.325 e. The number of alkyl halides is 1. The standard InChI is InChI=1S/C10H11ClO4/c1-14-7-3-2-4-8(5-7)15-6-9(11)10(12)13/h2-5,9H,6H2,1H3,(H,12,13). The molecule has 0 aliphatic rings. The summed E-state index contributed by atoms with van der Waals surface area (Å²) in [6, 6.07) is 6.87. The van der Waals surface area contributed by atoms with Crippen LogP contribution in [0.3, 0.4) is 0 Å². The molecule has 0 aromatic heterocycles. The van der Waals surface area contributed by atoms with Crippen LogP contribution in [-0.2, 0) is 4.79 Å². The molecule has 1 unspecified atom stereocenters. The van der Waals surface area contributed by atoms with Gasteiger partial charge in [0, 0.05) is 6.07 Å². The molecule has 0 aliphatic carbocycles. The molecule has 1 aromatic carbocycles. The van der Waals surface area contributed by atoms with Gasteiger partial charge in [-0.3, -0.25) is 4.79 Å². The number of rotatable bonds is 5. The fraction of sp³-hybridized carbons (Fsp3) is 0.300. The molecule has 0 saturated heterocycles. The minimum atomic E-state index is -1.10. The van der Waals surface area contributed by atoms with Crippen molar-refractivity contribution in [1.29, 1.82) is 0 Å². The summed E-state index contributed by atoms with van der Waals surface area (Å²) in [6.07, 6.45) is 0. The first kappa shape index (κ1) is 11.7. The second kappa shape index (κ2) is 5.46. The second-order valence-corrected chi connectivity index (χ2v) is 3.32. The Morgan fingerprint density at radius 3 is 2.80 bits per heavy atom. The molecule has 82 valence electrons. The smallest absolute Gasteiger partial charge is 0.325 e. The van der Waals surface area contributed by atoms with E-state index in [0.717, 1.165) is 0 Å². The Morgan fingerprint density at radius 1 is 1.53 bits per heavy atom. The normalized spacial score (nSPS) is 11.9. The topological polar surface area (TPSA) is 55.8 Å². The van der Waals surface area contributed by atoms with E-state index < -0.39 is 11.3 Å². The zero-order valence-electron chi connectivity index (χ0n) is 8.14. The summed E-state index contributed by atoms with van der Waals surface area (Å²) < 4.78 is 10.2. The lowest BCUT2D eigenvalue weighted by Gasteiger charge is -2.08. The van der Waals surface area contributed by atoms with E-state index in [1.165, 1.54) is 0 Å². The van der Waals surface area contributed by atoms with Crippen LogP contribution in [0.15, 0.2) is 24.3 Å². The number of ether oxygens (including phenoxy) is 2. The van der Waals surface area contributed by atoms with Crippen molar-refractivity contribution in [2.24, 2.45) is 0 Å². The van der Waals surface area contributed by atoms with Crippen LogP contribution in [0.2, 0.25) is 0 Å². The third kappa shape index (κ3) is 3.67. The lowest BCUT2D eigenvalue weighted by molar-refractivity contribution is -0.137. The molecule has 0 spiro atoms. The SMILES string of the molecule is COc1cccc(OCC(Cl)C(=O)O)c1. The number of methoxy groups -OCH3 is 1. The molecular formula is C10H11ClO4. The van der Waals surface area contributed by atoms with E-state index in [0.29, 0.717) is 11.5 Å². The maximum atomic E-state index is 10.4. The van der Waals surface area contributed by atoms with Crippen molar-refractivity contribution in [3.63, 3.8) is 0 Å². The molecular weight excluding hydrogens is 220 g/mol. The summed E-state index contributed by atoms with van der Waals surface area (Å²) in [7, 11) is 1.54. The first-order valence-corrected chi connectivity index (χ1v) is 4.71. The zero-order chi connectivity index (χ0) is 11.3. The molecule has 0 aliphatic heterocycles. The van der Waals surface area contributed by atoms with Crippen LogP contribution in [0, 0.1) is 0 Å². The number of benzene rings is 1. The first-order chi connectivity index (χ1) is 7.13. The lowest BCUT2D eigenvalue weighted by Crippen LogP contribution is -2.21. The fourth-order valence-corrected chi connectivity index (χ4v) is 0.995. The summed E-state index contributed by atoms with van der Waals surface area (Å²) in [4.78, 5) is 10.4. The number of hydrogen-bond donors (Lipinski definition) is 1. The average molecular weight is 231 g/mol. The molecule has 0 fully saturated rings. The van der Waals surface area contributed by atoms with Gasteiger partial charge in [-0.15, -0.1) is 11.6 Å². The minimum Gasteiger partial charge on any atom is -0.497 e. The maximum absolute atomic E-state index is 10.4. The van der Waals surface area contributed by atoms with E-state index in [9.17, 15) is 4.79 Å². The molecule has 0 heterocycles. The lowest BCUT2D eigenvalue weighted by atomic mass is 10.3. The van der Waals surface area contributed by atoms with Gasteiger partial charge in [0.1, 0.15) is 18.1 Å². The first-order valence-electron chi connectivity index (χ1n) is 4.27. The minimum absolute atomic E-state index is 0.0793. The highest BCUT2D eigenvalue weighted by atomic mass is 35.5. The summed E-state index contributed by atoms with van der Waals surface area (Å²) in [5.74, 6) is 0.0785. The van der Waals surface area contributed by atoms with Crippen LogP contribution in [0.25, 0.3) is 0 Å². The molecule has 1 rings (SSSR count). The Bertz CT molecular complexity index is 340. The third-order valence-electron chi connectivity index (χ3n) is 1.71. The molecule has 1 N–H and O–H groups in total. The number of carbonyl (C=O) groups is 1. The highest BCUT2D eigenvalue weighted by Crippen LogP contribution is 2.19. The van der Waals surface area contributed by atoms with Crippen molar-refractivity contribution >= 4 is 17.6 Å². The van der Waals surface area contributed by atoms with Gasteiger partial charge in [-0.25, -0.2) is 0 Å². The van der Waals surface area contributed by atoms with Crippen LogP contribution < -0.4 is 9.47 Å². The highest BCUT2D eigenvalue weighted by Gasteiger charge is 2.14. The van der Waals surface area contributed by atoms with Crippen molar-refractivity contribution < 1.29 is 19.4 Å². The molecule has 5 heteroatoms. The Kier molecular flexibility index (Phi) is 4.24. The van der Waals surface area contributed by atoms with Gasteiger partial charge in [-0.05, 0) is 12.1 Å². The summed E-state index contributed by atoms with van der Waals surface area (Å²) >= 11 is 5.48. The second-order valence-electron chi connectivity index (χ2n) is 2.80. The zero-order valence-corrected chi connectivity index (χ0v) is 8.90. The van der Waals surface area contributed by atoms with Gasteiger partial charge < -0.3 is 14.6 Å². The Morgan fingerprint density at radius 2 is 2.20 bits per heavy atom. The molecule has 0 bridgehead atoms. The van der Waals surface area contributed by atoms with E-state index in [4.69, 9.17) is 26.2 Å². The number of aliphatic carboxylic acids is 1. The van der Waals surface area contributed by atoms with Crippen LogP contribution in [0.5, 0.6) is 11.5 Å². The van der Waals surface area contributed by atoms with E-state index >= 15 is 0 Å². The number of carboxylic acid groups (broad SMARTS) is 1. The molecule has 0 radical (unpaired) electrons. The molecule has 1 atom stereocenters. The van der Waals surface area contributed by atoms with Crippen LogP contribution >= 0.6 is 11.6 Å². The van der Waals surface area contributed by atoms with Crippen molar-refractivity contribution in [2.75, 3.05) is 13.7 Å². The third-order valence-corrected chi connectivity index (χ3v) is 2.02. The van der Waals surface area contributed by atoms with E-state index in [-0.39, 0.29) is 6.61 Å². The van der Waals surface area contributed by atoms with Crippen LogP contribution in [-0.4, -0.2) is 30.2 Å². The monoisotopic (exact) mass is 230 g/mol. The van der Waals surface area contributed by atoms with Gasteiger partial charge in [-0.1, -0.05) is 6.07 Å². The Labute approximate surface area is 92.4 Å². The van der Waals surface area contributed by atoms with Gasteiger partial charge in [-0.2, -0.15) is 0 Å². The van der Waals surface area contributed by atoms with Gasteiger partial charge in [0.15, 0.2) is 5.38 Å². The number of carboxylic acids is 1. The van der Waals surface area contributed by atoms with Crippen LogP contribution in [0.1, 0.15) is 0 Å². The predicted octanol–water partition coefficient (Wildman–Crippen LogP) is 1.77. The van der Waals surface area contributed by atoms with Crippen LogP contribution in [0.4, 0.5) is 0 Å². The molecule has 4 nitrogen and oxygen atoms in total. The molecule has 1 aromatic rings. The van der Waals surface area contributed by atoms with Crippen molar-refractivity contribution in [3.05, 3.63) is 24.3 Å². The Balaban J connectivity index is 2.53.